The zero-order chi connectivity index (χ0) is 44.0. The van der Waals surface area contributed by atoms with Gasteiger partial charge in [0, 0.05) is 36.7 Å². The molecule has 330 valence electrons. The summed E-state index contributed by atoms with van der Waals surface area (Å²) in [6, 6.07) is 18.1. The number of benzene rings is 2. The number of nitrogens with zero attached hydrogens (tertiary/aromatic N) is 1. The number of hydrogen-bond acceptors (Lipinski definition) is 12. The van der Waals surface area contributed by atoms with Crippen molar-refractivity contribution in [2.75, 3.05) is 40.4 Å². The third-order valence-corrected chi connectivity index (χ3v) is 19.0. The van der Waals surface area contributed by atoms with Crippen LogP contribution < -0.4 is 20.3 Å². The predicted molar refractivity (Wildman–Crippen MR) is 248 cm³/mol. The summed E-state index contributed by atoms with van der Waals surface area (Å²) in [6.45, 7) is 13.5. The lowest BCUT2D eigenvalue weighted by atomic mass is 9.91. The highest BCUT2D eigenvalue weighted by Gasteiger charge is 2.45. The van der Waals surface area contributed by atoms with E-state index in [2.05, 4.69) is 56.1 Å². The van der Waals surface area contributed by atoms with E-state index in [4.69, 9.17) is 30.2 Å². The number of H-pyrrole nitrogens is 1. The maximum absolute atomic E-state index is 13.4. The first-order chi connectivity index (χ1) is 29.0. The zero-order valence-electron chi connectivity index (χ0n) is 36.2. The SMILES string of the molecule is COc1cc(OCCCN(C)C2CCC(OC(=O)C(O)(c3cccs3)c3cccs3)CC2)c(Cl)cc1CCNC[C@@H](O[Si](C)(C)C(C)(C)C)c1ccc(O)c2[nH]c(=O)ccc12. The molecule has 0 radical (unpaired) electrons. The molecule has 3 aromatic heterocycles. The molecule has 1 aliphatic carbocycles. The third-order valence-electron chi connectivity index (χ3n) is 12.2. The van der Waals surface area contributed by atoms with Crippen molar-refractivity contribution in [3.63, 3.8) is 0 Å². The normalized spacial score (nSPS) is 16.8. The van der Waals surface area contributed by atoms with E-state index in [1.54, 1.807) is 31.4 Å². The molecule has 0 aliphatic heterocycles. The van der Waals surface area contributed by atoms with E-state index in [1.807, 2.05) is 41.1 Å². The largest absolute Gasteiger partial charge is 0.506 e. The quantitative estimate of drug-likeness (QED) is 0.0360. The summed E-state index contributed by atoms with van der Waals surface area (Å²) < 4.78 is 24.9. The Labute approximate surface area is 373 Å². The van der Waals surface area contributed by atoms with Gasteiger partial charge in [-0.05, 0) is 122 Å². The lowest BCUT2D eigenvalue weighted by Crippen LogP contribution is -2.43. The van der Waals surface area contributed by atoms with Gasteiger partial charge in [-0.1, -0.05) is 50.6 Å². The molecule has 1 fully saturated rings. The molecule has 61 heavy (non-hydrogen) atoms. The van der Waals surface area contributed by atoms with Crippen LogP contribution in [0.5, 0.6) is 17.2 Å². The number of phenols is 1. The Bertz CT molecular complexity index is 2240. The number of fused-ring (bicyclic) bond motifs is 1. The number of thiophene rings is 2. The van der Waals surface area contributed by atoms with Gasteiger partial charge in [0.2, 0.25) is 11.2 Å². The van der Waals surface area contributed by atoms with Crippen LogP contribution in [0.1, 0.15) is 79.9 Å². The van der Waals surface area contributed by atoms with Crippen LogP contribution in [0.2, 0.25) is 23.2 Å². The third kappa shape index (κ3) is 11.1. The van der Waals surface area contributed by atoms with Crippen LogP contribution in [0.3, 0.4) is 0 Å². The van der Waals surface area contributed by atoms with Gasteiger partial charge >= 0.3 is 5.97 Å². The van der Waals surface area contributed by atoms with Crippen LogP contribution in [-0.2, 0) is 26.0 Å². The lowest BCUT2D eigenvalue weighted by molar-refractivity contribution is -0.169. The van der Waals surface area contributed by atoms with E-state index >= 15 is 0 Å². The summed E-state index contributed by atoms with van der Waals surface area (Å²) in [4.78, 5) is 31.8. The Morgan fingerprint density at radius 3 is 2.33 bits per heavy atom. The fraction of sp³-hybridized carbons (Fsp3) is 0.478. The van der Waals surface area contributed by atoms with Gasteiger partial charge in [-0.3, -0.25) is 4.79 Å². The minimum atomic E-state index is -2.22. The number of phenolic OH excluding ortho intramolecular Hbond substituents is 1. The number of pyridine rings is 1. The Morgan fingerprint density at radius 1 is 1.02 bits per heavy atom. The first-order valence-electron chi connectivity index (χ1n) is 21.0. The number of methoxy groups -OCH3 is 1. The van der Waals surface area contributed by atoms with Crippen molar-refractivity contribution >= 4 is 59.5 Å². The maximum Gasteiger partial charge on any atom is 0.349 e. The molecule has 4 N–H and O–H groups in total. The minimum Gasteiger partial charge on any atom is -0.506 e. The van der Waals surface area contributed by atoms with Gasteiger partial charge in [0.05, 0.1) is 40.1 Å². The summed E-state index contributed by atoms with van der Waals surface area (Å²) in [7, 11) is 1.55. The molecule has 11 nitrogen and oxygen atoms in total. The molecule has 0 amide bonds. The maximum atomic E-state index is 13.4. The molecule has 0 bridgehead atoms. The molecular formula is C46H60ClN3O8S2Si. The molecule has 1 aliphatic rings. The van der Waals surface area contributed by atoms with Crippen molar-refractivity contribution < 1.29 is 33.6 Å². The Balaban J connectivity index is 0.978. The van der Waals surface area contributed by atoms with Crippen LogP contribution >= 0.6 is 34.3 Å². The van der Waals surface area contributed by atoms with Crippen molar-refractivity contribution in [2.45, 2.75) is 101 Å². The fourth-order valence-corrected chi connectivity index (χ4v) is 10.9. The van der Waals surface area contributed by atoms with Crippen LogP contribution in [0, 0.1) is 0 Å². The van der Waals surface area contributed by atoms with Gasteiger partial charge in [0.15, 0.2) is 8.32 Å². The highest BCUT2D eigenvalue weighted by Crippen LogP contribution is 2.42. The first kappa shape index (κ1) is 46.8. The summed E-state index contributed by atoms with van der Waals surface area (Å²) in [5, 5.41) is 30.7. The second-order valence-electron chi connectivity index (χ2n) is 17.4. The predicted octanol–water partition coefficient (Wildman–Crippen LogP) is 9.41. The molecule has 1 atom stereocenters. The van der Waals surface area contributed by atoms with E-state index in [1.165, 1.54) is 28.7 Å². The van der Waals surface area contributed by atoms with Gasteiger partial charge < -0.3 is 44.1 Å². The number of nitrogens with one attached hydrogen (secondary N) is 2. The molecule has 6 rings (SSSR count). The van der Waals surface area contributed by atoms with Crippen molar-refractivity contribution in [3.8, 4) is 17.2 Å². The molecule has 15 heteroatoms. The second-order valence-corrected chi connectivity index (χ2v) is 24.4. The van der Waals surface area contributed by atoms with Crippen molar-refractivity contribution in [1.29, 1.82) is 0 Å². The summed E-state index contributed by atoms with van der Waals surface area (Å²) in [5.74, 6) is 0.684. The number of aromatic amines is 1. The molecular weight excluding hydrogens is 850 g/mol. The standard InChI is InChI=1S/C46H60ClN3O8S2Si/c1-45(2,3)61(6,7)58-39(33-17-19-36(51)43-34(33)18-20-42(52)49-43)29-48-22-21-30-27-35(47)38(28-37(30)55-5)56-24-10-23-50(4)31-13-15-32(16-14-31)57-44(53)46(54,40-11-8-25-59-40)41-12-9-26-60-41/h8-9,11-12,17-20,25-28,31-32,39,48,51,54H,10,13-16,21-24,29H2,1-7H3,(H,49,52)/t31?,32?,39-/m1/s1. The second kappa shape index (κ2) is 20.2. The highest BCUT2D eigenvalue weighted by molar-refractivity contribution is 7.12. The smallest absolute Gasteiger partial charge is 0.349 e. The Kier molecular flexibility index (Phi) is 15.5. The average molecular weight is 911 g/mol. The van der Waals surface area contributed by atoms with Gasteiger partial charge in [-0.15, -0.1) is 22.7 Å². The van der Waals surface area contributed by atoms with Crippen LogP contribution in [0.25, 0.3) is 10.9 Å². The van der Waals surface area contributed by atoms with Gasteiger partial charge in [0.1, 0.15) is 23.4 Å². The van der Waals surface area contributed by atoms with Crippen molar-refractivity contribution in [1.82, 2.24) is 15.2 Å². The van der Waals surface area contributed by atoms with E-state index in [0.29, 0.717) is 64.0 Å². The number of carbonyl (C=O) groups is 1. The monoisotopic (exact) mass is 909 g/mol. The van der Waals surface area contributed by atoms with E-state index in [9.17, 15) is 19.8 Å². The van der Waals surface area contributed by atoms with Gasteiger partial charge in [-0.2, -0.15) is 0 Å². The van der Waals surface area contributed by atoms with Crippen LogP contribution in [-0.4, -0.2) is 86.9 Å². The first-order valence-corrected chi connectivity index (χ1v) is 26.0. The summed E-state index contributed by atoms with van der Waals surface area (Å²) in [6.07, 6.45) is 4.16. The molecule has 5 aromatic rings. The Morgan fingerprint density at radius 2 is 1.70 bits per heavy atom. The fourth-order valence-electron chi connectivity index (χ4n) is 7.63. The Hall–Kier alpha value is -3.73. The molecule has 0 unspecified atom stereocenters. The van der Waals surface area contributed by atoms with Crippen molar-refractivity contribution in [2.24, 2.45) is 0 Å². The zero-order valence-corrected chi connectivity index (χ0v) is 39.6. The number of aromatic hydroxyl groups is 1. The van der Waals surface area contributed by atoms with Crippen LogP contribution in [0.4, 0.5) is 0 Å². The van der Waals surface area contributed by atoms with Crippen molar-refractivity contribution in [3.05, 3.63) is 108 Å². The summed E-state index contributed by atoms with van der Waals surface area (Å²) >= 11 is 9.47. The molecule has 3 heterocycles. The minimum absolute atomic E-state index is 0.0200. The molecule has 2 aromatic carbocycles. The highest BCUT2D eigenvalue weighted by atomic mass is 35.5. The van der Waals surface area contributed by atoms with E-state index in [0.717, 1.165) is 55.2 Å². The topological polar surface area (TPSA) is 143 Å². The lowest BCUT2D eigenvalue weighted by Gasteiger charge is -2.39. The van der Waals surface area contributed by atoms with Gasteiger partial charge in [0.25, 0.3) is 0 Å². The number of carbonyl (C=O) groups excluding carboxylic acids is 1. The van der Waals surface area contributed by atoms with E-state index < -0.39 is 19.9 Å². The molecule has 0 spiro atoms. The number of aliphatic hydroxyl groups is 1. The number of aromatic nitrogens is 1. The number of esters is 1. The number of halogens is 1. The summed E-state index contributed by atoms with van der Waals surface area (Å²) in [5.41, 5.74) is 0.183. The van der Waals surface area contributed by atoms with E-state index in [-0.39, 0.29) is 28.6 Å². The molecule has 0 saturated heterocycles. The average Bonchev–Trinajstić information content (AvgIpc) is 3.98. The van der Waals surface area contributed by atoms with Gasteiger partial charge in [-0.25, -0.2) is 4.79 Å². The number of ether oxygens (including phenoxy) is 3. The van der Waals surface area contributed by atoms with Crippen LogP contribution in [0.15, 0.2) is 76.2 Å². The molecule has 1 saturated carbocycles. The number of rotatable bonds is 19. The number of hydrogen-bond donors (Lipinski definition) is 4.